The molecule has 24 heavy (non-hydrogen) atoms. The van der Waals surface area contributed by atoms with Crippen molar-refractivity contribution in [1.29, 1.82) is 0 Å². The Bertz CT molecular complexity index is 790. The first-order valence-corrected chi connectivity index (χ1v) is 10.3. The van der Waals surface area contributed by atoms with Gasteiger partial charge in [-0.15, -0.1) is 0 Å². The number of hydrogen-bond donors (Lipinski definition) is 1. The van der Waals surface area contributed by atoms with Crippen LogP contribution in [0.5, 0.6) is 5.75 Å². The summed E-state index contributed by atoms with van der Waals surface area (Å²) in [6.45, 7) is 3.26. The molecule has 2 aromatic rings. The zero-order chi connectivity index (χ0) is 17.2. The van der Waals surface area contributed by atoms with Gasteiger partial charge < -0.3 is 9.72 Å². The van der Waals surface area contributed by atoms with Gasteiger partial charge in [0.2, 0.25) is 10.0 Å². The number of nitrogens with one attached hydrogen (secondary N) is 1. The molecule has 0 aliphatic carbocycles. The van der Waals surface area contributed by atoms with Gasteiger partial charge in [0.05, 0.1) is 12.9 Å². The number of H-pyrrole nitrogens is 1. The molecule has 0 spiro atoms. The van der Waals surface area contributed by atoms with Crippen LogP contribution in [0.3, 0.4) is 0 Å². The number of hydrogen-bond acceptors (Lipinski definition) is 3. The van der Waals surface area contributed by atoms with E-state index in [9.17, 15) is 8.42 Å². The molecule has 1 aliphatic heterocycles. The highest BCUT2D eigenvalue weighted by Gasteiger charge is 2.28. The van der Waals surface area contributed by atoms with E-state index in [0.717, 1.165) is 42.3 Å². The maximum atomic E-state index is 12.3. The third kappa shape index (κ3) is 3.59. The van der Waals surface area contributed by atoms with E-state index in [2.05, 4.69) is 11.1 Å². The SMILES string of the molecule is CCCCS(=O)(=O)N1CCC(c2cc3cc(OC)ccc3[nH]2)CC1. The van der Waals surface area contributed by atoms with Gasteiger partial charge in [0, 0.05) is 35.6 Å². The lowest BCUT2D eigenvalue weighted by atomic mass is 9.95. The Hall–Kier alpha value is -1.53. The molecule has 1 aromatic heterocycles. The standard InChI is InChI=1S/C18H26N2O3S/c1-3-4-11-24(21,22)20-9-7-14(8-10-20)18-13-15-12-16(23-2)5-6-17(15)19-18/h5-6,12-14,19H,3-4,7-11H2,1-2H3. The number of rotatable bonds is 6. The van der Waals surface area contributed by atoms with Gasteiger partial charge in [0.15, 0.2) is 0 Å². The predicted molar refractivity (Wildman–Crippen MR) is 97.1 cm³/mol. The summed E-state index contributed by atoms with van der Waals surface area (Å²) in [5.41, 5.74) is 2.30. The Labute approximate surface area is 144 Å². The molecule has 1 saturated heterocycles. The van der Waals surface area contributed by atoms with E-state index in [1.807, 2.05) is 25.1 Å². The van der Waals surface area contributed by atoms with Crippen LogP contribution >= 0.6 is 0 Å². The summed E-state index contributed by atoms with van der Waals surface area (Å²) in [6.07, 6.45) is 3.39. The van der Waals surface area contributed by atoms with Gasteiger partial charge in [-0.1, -0.05) is 13.3 Å². The number of fused-ring (bicyclic) bond motifs is 1. The Morgan fingerprint density at radius 3 is 2.67 bits per heavy atom. The Morgan fingerprint density at radius 1 is 1.25 bits per heavy atom. The number of sulfonamides is 1. The summed E-state index contributed by atoms with van der Waals surface area (Å²) < 4.78 is 31.6. The molecule has 2 heterocycles. The number of piperidine rings is 1. The molecule has 0 unspecified atom stereocenters. The molecule has 0 atom stereocenters. The van der Waals surface area contributed by atoms with Crippen molar-refractivity contribution < 1.29 is 13.2 Å². The van der Waals surface area contributed by atoms with Crippen LogP contribution in [-0.2, 0) is 10.0 Å². The first-order chi connectivity index (χ1) is 11.5. The van der Waals surface area contributed by atoms with Crippen LogP contribution in [-0.4, -0.2) is 43.7 Å². The molecule has 6 heteroatoms. The monoisotopic (exact) mass is 350 g/mol. The number of unbranched alkanes of at least 4 members (excludes halogenated alkanes) is 1. The average molecular weight is 350 g/mol. The van der Waals surface area contributed by atoms with E-state index in [1.165, 1.54) is 5.69 Å². The van der Waals surface area contributed by atoms with Crippen molar-refractivity contribution in [2.75, 3.05) is 26.0 Å². The van der Waals surface area contributed by atoms with Crippen molar-refractivity contribution in [1.82, 2.24) is 9.29 Å². The molecule has 1 fully saturated rings. The summed E-state index contributed by atoms with van der Waals surface area (Å²) in [6, 6.07) is 8.18. The van der Waals surface area contributed by atoms with E-state index < -0.39 is 10.0 Å². The van der Waals surface area contributed by atoms with Crippen LogP contribution in [0.25, 0.3) is 10.9 Å². The molecule has 0 saturated carbocycles. The van der Waals surface area contributed by atoms with Crippen molar-refractivity contribution >= 4 is 20.9 Å². The number of aromatic amines is 1. The summed E-state index contributed by atoms with van der Waals surface area (Å²) in [7, 11) is -1.41. The van der Waals surface area contributed by atoms with Gasteiger partial charge in [0.1, 0.15) is 5.75 Å². The van der Waals surface area contributed by atoms with Crippen molar-refractivity contribution in [2.45, 2.75) is 38.5 Å². The van der Waals surface area contributed by atoms with E-state index in [0.29, 0.717) is 19.0 Å². The maximum absolute atomic E-state index is 12.3. The summed E-state index contributed by atoms with van der Waals surface area (Å²) in [5.74, 6) is 1.52. The van der Waals surface area contributed by atoms with Crippen LogP contribution in [0.15, 0.2) is 24.3 Å². The molecule has 132 valence electrons. The molecular formula is C18H26N2O3S. The summed E-state index contributed by atoms with van der Waals surface area (Å²) in [5, 5.41) is 1.14. The third-order valence-electron chi connectivity index (χ3n) is 4.89. The van der Waals surface area contributed by atoms with Crippen LogP contribution in [0.4, 0.5) is 0 Å². The quantitative estimate of drug-likeness (QED) is 0.867. The lowest BCUT2D eigenvalue weighted by Gasteiger charge is -2.30. The van der Waals surface area contributed by atoms with E-state index in [1.54, 1.807) is 11.4 Å². The molecule has 0 amide bonds. The minimum absolute atomic E-state index is 0.278. The van der Waals surface area contributed by atoms with Gasteiger partial charge in [0.25, 0.3) is 0 Å². The van der Waals surface area contributed by atoms with Crippen LogP contribution < -0.4 is 4.74 Å². The van der Waals surface area contributed by atoms with Crippen molar-refractivity contribution in [3.63, 3.8) is 0 Å². The number of ether oxygens (including phenoxy) is 1. The fourth-order valence-electron chi connectivity index (χ4n) is 3.38. The fraction of sp³-hybridized carbons (Fsp3) is 0.556. The zero-order valence-corrected chi connectivity index (χ0v) is 15.2. The molecule has 0 radical (unpaired) electrons. The van der Waals surface area contributed by atoms with Gasteiger partial charge in [-0.2, -0.15) is 0 Å². The highest BCUT2D eigenvalue weighted by molar-refractivity contribution is 7.89. The molecule has 1 N–H and O–H groups in total. The van der Waals surface area contributed by atoms with Gasteiger partial charge in [-0.25, -0.2) is 12.7 Å². The van der Waals surface area contributed by atoms with Crippen LogP contribution in [0.2, 0.25) is 0 Å². The third-order valence-corrected chi connectivity index (χ3v) is 6.85. The highest BCUT2D eigenvalue weighted by atomic mass is 32.2. The number of nitrogens with zero attached hydrogens (tertiary/aromatic N) is 1. The predicted octanol–water partition coefficient (Wildman–Crippen LogP) is 3.49. The first-order valence-electron chi connectivity index (χ1n) is 8.68. The minimum atomic E-state index is -3.08. The second kappa shape index (κ2) is 7.15. The molecule has 5 nitrogen and oxygen atoms in total. The normalized spacial score (nSPS) is 17.4. The van der Waals surface area contributed by atoms with Crippen LogP contribution in [0.1, 0.15) is 44.2 Å². The average Bonchev–Trinajstić information content (AvgIpc) is 3.03. The van der Waals surface area contributed by atoms with Crippen molar-refractivity contribution in [2.24, 2.45) is 0 Å². The molecule has 1 aromatic carbocycles. The molecule has 3 rings (SSSR count). The molecular weight excluding hydrogens is 324 g/mol. The van der Waals surface area contributed by atoms with Crippen molar-refractivity contribution in [3.8, 4) is 5.75 Å². The molecule has 0 bridgehead atoms. The maximum Gasteiger partial charge on any atom is 0.214 e. The smallest absolute Gasteiger partial charge is 0.214 e. The first kappa shape index (κ1) is 17.3. The number of aromatic nitrogens is 1. The molecule has 1 aliphatic rings. The van der Waals surface area contributed by atoms with E-state index >= 15 is 0 Å². The van der Waals surface area contributed by atoms with Gasteiger partial charge >= 0.3 is 0 Å². The lowest BCUT2D eigenvalue weighted by molar-refractivity contribution is 0.317. The largest absolute Gasteiger partial charge is 0.497 e. The van der Waals surface area contributed by atoms with Gasteiger partial charge in [-0.05, 0) is 43.5 Å². The lowest BCUT2D eigenvalue weighted by Crippen LogP contribution is -2.39. The fourth-order valence-corrected chi connectivity index (χ4v) is 5.06. The van der Waals surface area contributed by atoms with E-state index in [4.69, 9.17) is 4.74 Å². The van der Waals surface area contributed by atoms with Crippen molar-refractivity contribution in [3.05, 3.63) is 30.0 Å². The second-order valence-electron chi connectivity index (χ2n) is 6.52. The summed E-state index contributed by atoms with van der Waals surface area (Å²) >= 11 is 0. The minimum Gasteiger partial charge on any atom is -0.497 e. The Balaban J connectivity index is 1.68. The second-order valence-corrected chi connectivity index (χ2v) is 8.61. The zero-order valence-electron chi connectivity index (χ0n) is 14.4. The summed E-state index contributed by atoms with van der Waals surface area (Å²) in [4.78, 5) is 3.48. The van der Waals surface area contributed by atoms with Crippen LogP contribution in [0, 0.1) is 0 Å². The van der Waals surface area contributed by atoms with Gasteiger partial charge in [-0.3, -0.25) is 0 Å². The number of methoxy groups -OCH3 is 1. The number of benzene rings is 1. The topological polar surface area (TPSA) is 62.4 Å². The Morgan fingerprint density at radius 2 is 2.00 bits per heavy atom. The highest BCUT2D eigenvalue weighted by Crippen LogP contribution is 2.32. The van der Waals surface area contributed by atoms with E-state index in [-0.39, 0.29) is 5.75 Å². The Kier molecular flexibility index (Phi) is 5.15.